The highest BCUT2D eigenvalue weighted by Crippen LogP contribution is 2.23. The number of benzene rings is 1. The highest BCUT2D eigenvalue weighted by atomic mass is 35.5. The van der Waals surface area contributed by atoms with E-state index in [2.05, 4.69) is 15.4 Å². The highest BCUT2D eigenvalue weighted by molar-refractivity contribution is 6.30. The first-order valence-corrected chi connectivity index (χ1v) is 5.27. The fourth-order valence-corrected chi connectivity index (χ4v) is 1.62. The molecule has 0 bridgehead atoms. The Labute approximate surface area is 103 Å². The van der Waals surface area contributed by atoms with Gasteiger partial charge in [-0.1, -0.05) is 17.7 Å². The lowest BCUT2D eigenvalue weighted by Crippen LogP contribution is -2.29. The van der Waals surface area contributed by atoms with E-state index in [0.29, 0.717) is 11.3 Å². The summed E-state index contributed by atoms with van der Waals surface area (Å²) in [6.07, 6.45) is 4.67. The second-order valence-electron chi connectivity index (χ2n) is 3.40. The lowest BCUT2D eigenvalue weighted by atomic mass is 10.0. The standard InChI is InChI=1S/C11H10ClFN4/c12-8-2-1-7(5-9(8)13)11(17-14)10-6-15-3-4-16-10/h1-6,11,17H,14H2. The van der Waals surface area contributed by atoms with E-state index in [0.717, 1.165) is 0 Å². The van der Waals surface area contributed by atoms with E-state index < -0.39 is 11.9 Å². The molecule has 2 rings (SSSR count). The first kappa shape index (κ1) is 11.9. The second kappa shape index (κ2) is 5.18. The number of hydrazine groups is 1. The molecule has 2 aromatic rings. The molecule has 17 heavy (non-hydrogen) atoms. The van der Waals surface area contributed by atoms with Crippen molar-refractivity contribution in [2.75, 3.05) is 0 Å². The molecule has 3 N–H and O–H groups in total. The first-order chi connectivity index (χ1) is 8.22. The number of hydrogen-bond acceptors (Lipinski definition) is 4. The summed E-state index contributed by atoms with van der Waals surface area (Å²) in [5.74, 6) is 4.96. The Balaban J connectivity index is 2.39. The topological polar surface area (TPSA) is 63.8 Å². The summed E-state index contributed by atoms with van der Waals surface area (Å²) in [5, 5.41) is 0.0728. The minimum Gasteiger partial charge on any atom is -0.271 e. The van der Waals surface area contributed by atoms with E-state index in [1.54, 1.807) is 24.7 Å². The highest BCUT2D eigenvalue weighted by Gasteiger charge is 2.15. The van der Waals surface area contributed by atoms with Crippen LogP contribution in [0.2, 0.25) is 5.02 Å². The van der Waals surface area contributed by atoms with Crippen LogP contribution in [0.15, 0.2) is 36.8 Å². The summed E-state index contributed by atoms with van der Waals surface area (Å²) in [7, 11) is 0. The van der Waals surface area contributed by atoms with Gasteiger partial charge in [0, 0.05) is 12.4 Å². The van der Waals surface area contributed by atoms with Crippen LogP contribution in [0.1, 0.15) is 17.3 Å². The molecule has 0 spiro atoms. The van der Waals surface area contributed by atoms with Crippen LogP contribution in [0, 0.1) is 5.82 Å². The van der Waals surface area contributed by atoms with E-state index in [-0.39, 0.29) is 5.02 Å². The lowest BCUT2D eigenvalue weighted by Gasteiger charge is -2.15. The molecule has 1 heterocycles. The molecule has 1 aromatic heterocycles. The van der Waals surface area contributed by atoms with Crippen LogP contribution in [0.25, 0.3) is 0 Å². The van der Waals surface area contributed by atoms with E-state index in [4.69, 9.17) is 17.4 Å². The molecule has 1 unspecified atom stereocenters. The number of rotatable bonds is 3. The zero-order valence-corrected chi connectivity index (χ0v) is 9.53. The van der Waals surface area contributed by atoms with Gasteiger partial charge >= 0.3 is 0 Å². The average molecular weight is 253 g/mol. The third kappa shape index (κ3) is 2.58. The summed E-state index contributed by atoms with van der Waals surface area (Å²) >= 11 is 5.62. The SMILES string of the molecule is NNC(c1ccc(Cl)c(F)c1)c1cnccn1. The van der Waals surface area contributed by atoms with Gasteiger partial charge in [-0.05, 0) is 17.7 Å². The first-order valence-electron chi connectivity index (χ1n) is 4.89. The molecule has 1 aromatic carbocycles. The number of hydrogen-bond donors (Lipinski definition) is 2. The van der Waals surface area contributed by atoms with Gasteiger partial charge in [0.25, 0.3) is 0 Å². The van der Waals surface area contributed by atoms with Crippen LogP contribution in [-0.4, -0.2) is 9.97 Å². The molecule has 0 aliphatic carbocycles. The molecule has 0 saturated heterocycles. The van der Waals surface area contributed by atoms with Gasteiger partial charge in [-0.2, -0.15) is 0 Å². The smallest absolute Gasteiger partial charge is 0.142 e. The maximum Gasteiger partial charge on any atom is 0.142 e. The van der Waals surface area contributed by atoms with Gasteiger partial charge in [-0.3, -0.25) is 15.8 Å². The quantitative estimate of drug-likeness (QED) is 0.646. The molecule has 0 saturated carbocycles. The lowest BCUT2D eigenvalue weighted by molar-refractivity contribution is 0.596. The van der Waals surface area contributed by atoms with Crippen molar-refractivity contribution in [3.05, 3.63) is 58.9 Å². The summed E-state index contributed by atoms with van der Waals surface area (Å²) < 4.78 is 13.4. The summed E-state index contributed by atoms with van der Waals surface area (Å²) in [6.45, 7) is 0. The van der Waals surface area contributed by atoms with Crippen molar-refractivity contribution in [2.24, 2.45) is 5.84 Å². The molecule has 6 heteroatoms. The Morgan fingerprint density at radius 2 is 2.18 bits per heavy atom. The molecule has 1 atom stereocenters. The maximum atomic E-state index is 13.4. The Kier molecular flexibility index (Phi) is 3.63. The van der Waals surface area contributed by atoms with Crippen molar-refractivity contribution >= 4 is 11.6 Å². The normalized spacial score (nSPS) is 12.4. The molecule has 4 nitrogen and oxygen atoms in total. The number of nitrogens with two attached hydrogens (primary N) is 1. The van der Waals surface area contributed by atoms with Crippen LogP contribution >= 0.6 is 11.6 Å². The molecule has 0 fully saturated rings. The van der Waals surface area contributed by atoms with Gasteiger partial charge in [0.2, 0.25) is 0 Å². The van der Waals surface area contributed by atoms with Crippen molar-refractivity contribution in [3.8, 4) is 0 Å². The van der Waals surface area contributed by atoms with E-state index in [9.17, 15) is 4.39 Å². The van der Waals surface area contributed by atoms with Crippen molar-refractivity contribution in [1.29, 1.82) is 0 Å². The minimum absolute atomic E-state index is 0.0728. The number of nitrogens with one attached hydrogen (secondary N) is 1. The fourth-order valence-electron chi connectivity index (χ4n) is 1.50. The molecule has 0 radical (unpaired) electrons. The molecule has 0 amide bonds. The zero-order chi connectivity index (χ0) is 12.3. The Bertz CT molecular complexity index is 506. The number of nitrogens with zero attached hydrogens (tertiary/aromatic N) is 2. The summed E-state index contributed by atoms with van der Waals surface area (Å²) in [4.78, 5) is 8.06. The van der Waals surface area contributed by atoms with Gasteiger partial charge in [-0.25, -0.2) is 9.82 Å². The number of aromatic nitrogens is 2. The van der Waals surface area contributed by atoms with Crippen molar-refractivity contribution in [2.45, 2.75) is 6.04 Å². The second-order valence-corrected chi connectivity index (χ2v) is 3.81. The van der Waals surface area contributed by atoms with Crippen LogP contribution in [-0.2, 0) is 0 Å². The predicted molar refractivity (Wildman–Crippen MR) is 62.6 cm³/mol. The van der Waals surface area contributed by atoms with Crippen LogP contribution in [0.3, 0.4) is 0 Å². The monoisotopic (exact) mass is 252 g/mol. The molecular formula is C11H10ClFN4. The van der Waals surface area contributed by atoms with E-state index in [1.165, 1.54) is 12.1 Å². The largest absolute Gasteiger partial charge is 0.271 e. The van der Waals surface area contributed by atoms with Crippen LogP contribution in [0.5, 0.6) is 0 Å². The predicted octanol–water partition coefficient (Wildman–Crippen LogP) is 1.82. The van der Waals surface area contributed by atoms with Gasteiger partial charge in [0.15, 0.2) is 0 Å². The van der Waals surface area contributed by atoms with E-state index in [1.807, 2.05) is 0 Å². The third-order valence-corrected chi connectivity index (χ3v) is 2.63. The van der Waals surface area contributed by atoms with Crippen molar-refractivity contribution < 1.29 is 4.39 Å². The van der Waals surface area contributed by atoms with Gasteiger partial charge in [-0.15, -0.1) is 0 Å². The molecule has 88 valence electrons. The minimum atomic E-state index is -0.492. The van der Waals surface area contributed by atoms with Crippen LogP contribution < -0.4 is 11.3 Å². The van der Waals surface area contributed by atoms with Gasteiger partial charge < -0.3 is 0 Å². The van der Waals surface area contributed by atoms with Crippen molar-refractivity contribution in [3.63, 3.8) is 0 Å². The molecular weight excluding hydrogens is 243 g/mol. The Morgan fingerprint density at radius 3 is 2.76 bits per heavy atom. The van der Waals surface area contributed by atoms with Crippen LogP contribution in [0.4, 0.5) is 4.39 Å². The molecule has 0 aliphatic heterocycles. The Hall–Kier alpha value is -1.56. The third-order valence-electron chi connectivity index (χ3n) is 2.32. The molecule has 0 aliphatic rings. The fraction of sp³-hybridized carbons (Fsp3) is 0.0909. The summed E-state index contributed by atoms with van der Waals surface area (Å²) in [5.41, 5.74) is 3.81. The summed E-state index contributed by atoms with van der Waals surface area (Å²) in [6, 6.07) is 4.06. The Morgan fingerprint density at radius 1 is 1.35 bits per heavy atom. The van der Waals surface area contributed by atoms with Gasteiger partial charge in [0.1, 0.15) is 5.82 Å². The average Bonchev–Trinajstić information content (AvgIpc) is 2.36. The maximum absolute atomic E-state index is 13.4. The van der Waals surface area contributed by atoms with Crippen molar-refractivity contribution in [1.82, 2.24) is 15.4 Å². The zero-order valence-electron chi connectivity index (χ0n) is 8.77. The number of halogens is 2. The van der Waals surface area contributed by atoms with Gasteiger partial charge in [0.05, 0.1) is 23.0 Å². The van der Waals surface area contributed by atoms with E-state index >= 15 is 0 Å².